The third kappa shape index (κ3) is 3.20. The predicted octanol–water partition coefficient (Wildman–Crippen LogP) is 3.99. The minimum Gasteiger partial charge on any atom is -0.378 e. The van der Waals surface area contributed by atoms with Crippen LogP contribution < -0.4 is 10.2 Å². The van der Waals surface area contributed by atoms with Crippen LogP contribution in [0, 0.1) is 10.1 Å². The van der Waals surface area contributed by atoms with Crippen molar-refractivity contribution >= 4 is 39.3 Å². The Morgan fingerprint density at radius 3 is 2.70 bits per heavy atom. The molecule has 0 aliphatic heterocycles. The maximum atomic E-state index is 10.6. The van der Waals surface area contributed by atoms with Gasteiger partial charge in [-0.2, -0.15) is 0 Å². The van der Waals surface area contributed by atoms with Crippen molar-refractivity contribution in [2.75, 3.05) is 24.3 Å². The fraction of sp³-hybridized carbons (Fsp3) is 0.231. The number of rotatable bonds is 5. The second-order valence-electron chi connectivity index (χ2n) is 4.38. The highest BCUT2D eigenvalue weighted by Crippen LogP contribution is 2.33. The van der Waals surface area contributed by atoms with Crippen molar-refractivity contribution in [1.82, 2.24) is 0 Å². The highest BCUT2D eigenvalue weighted by atomic mass is 35.5. The van der Waals surface area contributed by atoms with E-state index in [9.17, 15) is 10.1 Å². The van der Waals surface area contributed by atoms with Gasteiger partial charge in [0.05, 0.1) is 21.3 Å². The van der Waals surface area contributed by atoms with Gasteiger partial charge in [-0.15, -0.1) is 0 Å². The first-order chi connectivity index (χ1) is 9.49. The molecule has 0 aliphatic rings. The predicted molar refractivity (Wildman–Crippen MR) is 84.1 cm³/mol. The summed E-state index contributed by atoms with van der Waals surface area (Å²) in [4.78, 5) is 13.1. The molecule has 2 aromatic rings. The van der Waals surface area contributed by atoms with E-state index in [1.165, 1.54) is 17.4 Å². The fourth-order valence-electron chi connectivity index (χ4n) is 1.85. The second kappa shape index (κ2) is 6.11. The van der Waals surface area contributed by atoms with Gasteiger partial charge in [-0.1, -0.05) is 29.0 Å². The number of thiophene rings is 1. The van der Waals surface area contributed by atoms with E-state index < -0.39 is 0 Å². The molecule has 0 amide bonds. The van der Waals surface area contributed by atoms with Gasteiger partial charge in [0.15, 0.2) is 0 Å². The largest absolute Gasteiger partial charge is 0.378 e. The fourth-order valence-corrected chi connectivity index (χ4v) is 2.96. The standard InChI is InChI=1S/C13H14ClN3O2S/c1-16(2)13-10(14)4-3-5-11(13)15-8-9-6-7-12(20-9)17(18)19/h3-7,15H,8H2,1-2H3. The molecule has 0 atom stereocenters. The molecule has 2 rings (SSSR count). The van der Waals surface area contributed by atoms with Gasteiger partial charge in [0.25, 0.3) is 0 Å². The van der Waals surface area contributed by atoms with Crippen LogP contribution in [-0.2, 0) is 6.54 Å². The summed E-state index contributed by atoms with van der Waals surface area (Å²) in [6.07, 6.45) is 0. The number of nitrogens with zero attached hydrogens (tertiary/aromatic N) is 2. The maximum Gasteiger partial charge on any atom is 0.324 e. The number of anilines is 2. The summed E-state index contributed by atoms with van der Waals surface area (Å²) in [5.74, 6) is 0. The average molecular weight is 312 g/mol. The molecule has 1 N–H and O–H groups in total. The monoisotopic (exact) mass is 311 g/mol. The Morgan fingerprint density at radius 1 is 1.35 bits per heavy atom. The average Bonchev–Trinajstić information content (AvgIpc) is 2.84. The Kier molecular flexibility index (Phi) is 4.46. The lowest BCUT2D eigenvalue weighted by molar-refractivity contribution is -0.380. The molecule has 5 nitrogen and oxygen atoms in total. The molecule has 0 radical (unpaired) electrons. The minimum atomic E-state index is -0.376. The van der Waals surface area contributed by atoms with Crippen molar-refractivity contribution in [3.8, 4) is 0 Å². The van der Waals surface area contributed by atoms with Crippen molar-refractivity contribution < 1.29 is 4.92 Å². The van der Waals surface area contributed by atoms with Crippen molar-refractivity contribution in [3.05, 3.63) is 50.3 Å². The van der Waals surface area contributed by atoms with Gasteiger partial charge >= 0.3 is 5.00 Å². The van der Waals surface area contributed by atoms with E-state index in [0.717, 1.165) is 16.3 Å². The Balaban J connectivity index is 2.14. The SMILES string of the molecule is CN(C)c1c(Cl)cccc1NCc1ccc([N+](=O)[O-])s1. The van der Waals surface area contributed by atoms with Crippen LogP contribution in [0.2, 0.25) is 5.02 Å². The summed E-state index contributed by atoms with van der Waals surface area (Å²) in [5.41, 5.74) is 1.80. The molecule has 0 aliphatic carbocycles. The first-order valence-corrected chi connectivity index (χ1v) is 7.11. The van der Waals surface area contributed by atoms with Crippen LogP contribution >= 0.6 is 22.9 Å². The lowest BCUT2D eigenvalue weighted by atomic mass is 10.2. The number of nitrogens with one attached hydrogen (secondary N) is 1. The molecule has 20 heavy (non-hydrogen) atoms. The molecule has 0 spiro atoms. The van der Waals surface area contributed by atoms with E-state index in [2.05, 4.69) is 5.32 Å². The molecule has 7 heteroatoms. The van der Waals surface area contributed by atoms with Crippen LogP contribution in [0.4, 0.5) is 16.4 Å². The van der Waals surface area contributed by atoms with E-state index in [1.54, 1.807) is 6.07 Å². The van der Waals surface area contributed by atoms with E-state index in [0.29, 0.717) is 11.6 Å². The highest BCUT2D eigenvalue weighted by Gasteiger charge is 2.11. The van der Waals surface area contributed by atoms with Crippen LogP contribution in [0.15, 0.2) is 30.3 Å². The normalized spacial score (nSPS) is 10.3. The molecule has 1 aromatic heterocycles. The Hall–Kier alpha value is -1.79. The minimum absolute atomic E-state index is 0.153. The molecule has 1 aromatic carbocycles. The van der Waals surface area contributed by atoms with Gasteiger partial charge in [-0.05, 0) is 18.2 Å². The van der Waals surface area contributed by atoms with Crippen LogP contribution in [-0.4, -0.2) is 19.0 Å². The number of benzene rings is 1. The van der Waals surface area contributed by atoms with Crippen LogP contribution in [0.3, 0.4) is 0 Å². The second-order valence-corrected chi connectivity index (χ2v) is 5.94. The lowest BCUT2D eigenvalue weighted by Gasteiger charge is -2.19. The Bertz CT molecular complexity index is 628. The summed E-state index contributed by atoms with van der Waals surface area (Å²) in [6.45, 7) is 0.527. The molecule has 0 fully saturated rings. The first-order valence-electron chi connectivity index (χ1n) is 5.92. The van der Waals surface area contributed by atoms with Crippen LogP contribution in [0.5, 0.6) is 0 Å². The highest BCUT2D eigenvalue weighted by molar-refractivity contribution is 7.15. The summed E-state index contributed by atoms with van der Waals surface area (Å²) in [7, 11) is 3.84. The third-order valence-electron chi connectivity index (χ3n) is 2.71. The van der Waals surface area contributed by atoms with Crippen molar-refractivity contribution in [3.63, 3.8) is 0 Å². The lowest BCUT2D eigenvalue weighted by Crippen LogP contribution is -2.12. The van der Waals surface area contributed by atoms with E-state index in [1.807, 2.05) is 37.2 Å². The Labute approximate surface area is 125 Å². The number of halogens is 1. The van der Waals surface area contributed by atoms with Gasteiger partial charge in [0, 0.05) is 31.6 Å². The summed E-state index contributed by atoms with van der Waals surface area (Å²) in [6, 6.07) is 8.91. The number of hydrogen-bond acceptors (Lipinski definition) is 5. The quantitative estimate of drug-likeness (QED) is 0.670. The van der Waals surface area contributed by atoms with Gasteiger partial charge in [-0.3, -0.25) is 10.1 Å². The topological polar surface area (TPSA) is 58.4 Å². The maximum absolute atomic E-state index is 10.6. The number of para-hydroxylation sites is 1. The number of hydrogen-bond donors (Lipinski definition) is 1. The van der Waals surface area contributed by atoms with E-state index in [4.69, 9.17) is 11.6 Å². The van der Waals surface area contributed by atoms with E-state index >= 15 is 0 Å². The molecule has 106 valence electrons. The zero-order chi connectivity index (χ0) is 14.7. The van der Waals surface area contributed by atoms with Crippen LogP contribution in [0.25, 0.3) is 0 Å². The molecule has 0 unspecified atom stereocenters. The molecule has 0 saturated carbocycles. The first kappa shape index (κ1) is 14.6. The van der Waals surface area contributed by atoms with E-state index in [-0.39, 0.29) is 9.92 Å². The van der Waals surface area contributed by atoms with Gasteiger partial charge in [-0.25, -0.2) is 0 Å². The van der Waals surface area contributed by atoms with Gasteiger partial charge < -0.3 is 10.2 Å². The summed E-state index contributed by atoms with van der Waals surface area (Å²) < 4.78 is 0. The van der Waals surface area contributed by atoms with Crippen molar-refractivity contribution in [2.24, 2.45) is 0 Å². The molecule has 1 heterocycles. The van der Waals surface area contributed by atoms with Gasteiger partial charge in [0.2, 0.25) is 0 Å². The molecular formula is C13H14ClN3O2S. The molecule has 0 saturated heterocycles. The zero-order valence-electron chi connectivity index (χ0n) is 11.1. The summed E-state index contributed by atoms with van der Waals surface area (Å²) in [5, 5.41) is 14.7. The number of nitro groups is 1. The van der Waals surface area contributed by atoms with Gasteiger partial charge in [0.1, 0.15) is 0 Å². The third-order valence-corrected chi connectivity index (χ3v) is 4.06. The zero-order valence-corrected chi connectivity index (χ0v) is 12.7. The Morgan fingerprint density at radius 2 is 2.10 bits per heavy atom. The van der Waals surface area contributed by atoms with Crippen LogP contribution in [0.1, 0.15) is 4.88 Å². The molecular weight excluding hydrogens is 298 g/mol. The summed E-state index contributed by atoms with van der Waals surface area (Å²) >= 11 is 7.35. The smallest absolute Gasteiger partial charge is 0.324 e. The van der Waals surface area contributed by atoms with Crippen molar-refractivity contribution in [1.29, 1.82) is 0 Å². The van der Waals surface area contributed by atoms with Crippen molar-refractivity contribution in [2.45, 2.75) is 6.54 Å². The molecule has 0 bridgehead atoms.